The summed E-state index contributed by atoms with van der Waals surface area (Å²) < 4.78 is 26.2. The van der Waals surface area contributed by atoms with Crippen molar-refractivity contribution >= 4 is 8.33 Å². The molecule has 6 rings (SSSR count). The molecule has 0 radical (unpaired) electrons. The molecule has 31 heavy (non-hydrogen) atoms. The van der Waals surface area contributed by atoms with Gasteiger partial charge in [0.05, 0.1) is 12.1 Å². The molecular formula is C25H35NO4Si. The van der Waals surface area contributed by atoms with E-state index in [9.17, 15) is 0 Å². The van der Waals surface area contributed by atoms with Crippen LogP contribution in [0.5, 0.6) is 23.0 Å². The number of benzene rings is 2. The quantitative estimate of drug-likeness (QED) is 0.690. The maximum atomic E-state index is 6.55. The molecule has 0 saturated heterocycles. The molecule has 0 amide bonds. The van der Waals surface area contributed by atoms with Gasteiger partial charge in [0.2, 0.25) is 0 Å². The monoisotopic (exact) mass is 441 g/mol. The van der Waals surface area contributed by atoms with Gasteiger partial charge < -0.3 is 5.32 Å². The van der Waals surface area contributed by atoms with Crippen LogP contribution in [0.25, 0.3) is 0 Å². The zero-order valence-corrected chi connectivity index (χ0v) is 20.0. The van der Waals surface area contributed by atoms with Gasteiger partial charge in [-0.25, -0.2) is 0 Å². The van der Waals surface area contributed by atoms with Gasteiger partial charge in [-0.15, -0.1) is 0 Å². The molecule has 2 aliphatic heterocycles. The Labute approximate surface area is 185 Å². The van der Waals surface area contributed by atoms with Crippen molar-refractivity contribution in [1.82, 2.24) is 0 Å². The minimum atomic E-state index is -4.07. The zero-order chi connectivity index (χ0) is 21.7. The summed E-state index contributed by atoms with van der Waals surface area (Å²) in [4.78, 5) is 0. The third-order valence-corrected chi connectivity index (χ3v) is 11.3. The van der Waals surface area contributed by atoms with Crippen LogP contribution in [0.3, 0.4) is 0 Å². The minimum absolute atomic E-state index is 0.212. The second kappa shape index (κ2) is 7.45. The molecular weight excluding hydrogens is 406 g/mol. The number of para-hydroxylation sites is 4. The molecule has 168 valence electrons. The SMILES string of the molecule is CC(C)[NH2+]C(C)C.c1ccc2c(c1)O[Si-]1(C3C[C@H]4CC[C@@H]3C4)(O2)Oc2ccccc2O1. The van der Waals surface area contributed by atoms with E-state index in [0.29, 0.717) is 5.92 Å². The van der Waals surface area contributed by atoms with Gasteiger partial charge in [-0.2, -0.15) is 0 Å². The summed E-state index contributed by atoms with van der Waals surface area (Å²) in [5, 5.41) is 2.33. The van der Waals surface area contributed by atoms with E-state index in [2.05, 4.69) is 33.0 Å². The predicted octanol–water partition coefficient (Wildman–Crippen LogP) is 4.88. The third kappa shape index (κ3) is 3.50. The van der Waals surface area contributed by atoms with E-state index >= 15 is 0 Å². The van der Waals surface area contributed by atoms with Gasteiger partial charge in [0.25, 0.3) is 0 Å². The Bertz CT molecular complexity index is 843. The summed E-state index contributed by atoms with van der Waals surface area (Å²) in [6.07, 6.45) is 4.88. The van der Waals surface area contributed by atoms with Crippen molar-refractivity contribution in [1.29, 1.82) is 0 Å². The summed E-state index contributed by atoms with van der Waals surface area (Å²) in [5.74, 6) is 4.34. The Balaban J connectivity index is 0.000000256. The van der Waals surface area contributed by atoms with Crippen LogP contribution in [0.2, 0.25) is 5.54 Å². The fourth-order valence-electron chi connectivity index (χ4n) is 6.05. The van der Waals surface area contributed by atoms with Gasteiger partial charge in [-0.05, 0) is 27.7 Å². The molecule has 2 bridgehead atoms. The molecule has 5 nitrogen and oxygen atoms in total. The molecule has 0 aromatic heterocycles. The van der Waals surface area contributed by atoms with Crippen molar-refractivity contribution in [2.45, 2.75) is 71.0 Å². The van der Waals surface area contributed by atoms with Crippen LogP contribution in [0.4, 0.5) is 0 Å². The van der Waals surface area contributed by atoms with Crippen LogP contribution in [-0.4, -0.2) is 20.4 Å². The van der Waals surface area contributed by atoms with Gasteiger partial charge in [-0.3, -0.25) is 0 Å². The normalized spacial score (nSPS) is 29.0. The molecule has 2 saturated carbocycles. The number of fused-ring (bicyclic) bond motifs is 4. The fourth-order valence-corrected chi connectivity index (χ4v) is 11.0. The molecule has 3 atom stereocenters. The van der Waals surface area contributed by atoms with Crippen molar-refractivity contribution < 1.29 is 23.0 Å². The van der Waals surface area contributed by atoms with Gasteiger partial charge in [0.1, 0.15) is 0 Å². The van der Waals surface area contributed by atoms with E-state index in [-0.39, 0.29) is 5.54 Å². The Kier molecular flexibility index (Phi) is 4.98. The van der Waals surface area contributed by atoms with Gasteiger partial charge in [0, 0.05) is 0 Å². The summed E-state index contributed by atoms with van der Waals surface area (Å²) in [6.45, 7) is 8.83. The van der Waals surface area contributed by atoms with Crippen molar-refractivity contribution in [3.05, 3.63) is 48.5 Å². The molecule has 2 aromatic carbocycles. The predicted molar refractivity (Wildman–Crippen MR) is 123 cm³/mol. The molecule has 2 aromatic rings. The van der Waals surface area contributed by atoms with Crippen LogP contribution in [0.1, 0.15) is 53.4 Å². The number of hydrogen-bond acceptors (Lipinski definition) is 4. The van der Waals surface area contributed by atoms with Gasteiger partial charge >= 0.3 is 141 Å². The van der Waals surface area contributed by atoms with E-state index in [1.165, 1.54) is 19.3 Å². The average Bonchev–Trinajstić information content (AvgIpc) is 3.48. The number of rotatable bonds is 3. The van der Waals surface area contributed by atoms with Crippen molar-refractivity contribution in [3.63, 3.8) is 0 Å². The van der Waals surface area contributed by atoms with E-state index in [1.54, 1.807) is 0 Å². The van der Waals surface area contributed by atoms with E-state index in [0.717, 1.165) is 47.4 Å². The number of quaternary nitrogens is 1. The second-order valence-electron chi connectivity index (χ2n) is 10.2. The van der Waals surface area contributed by atoms with Crippen molar-refractivity contribution in [2.75, 3.05) is 0 Å². The first-order chi connectivity index (χ1) is 14.9. The topological polar surface area (TPSA) is 53.5 Å². The van der Waals surface area contributed by atoms with Crippen LogP contribution in [0.15, 0.2) is 48.5 Å². The molecule has 1 spiro atoms. The first-order valence-corrected chi connectivity index (χ1v) is 14.0. The standard InChI is InChI=1S/C19H19O4Si.C6H15N/c1-2-6-16-15(5-1)20-24(21-16,19-12-13-9-10-14(19)11-13)22-17-7-3-4-8-18(17)23-24;1-5(2)7-6(3)4/h1-8,13-14,19H,9-12H2;5-7H,1-4H3/q-1;/p+1/t13-,14+,19?;/m0./s1. The van der Waals surface area contributed by atoms with E-state index in [4.69, 9.17) is 17.7 Å². The van der Waals surface area contributed by atoms with Crippen LogP contribution < -0.4 is 23.0 Å². The van der Waals surface area contributed by atoms with Crippen LogP contribution >= 0.6 is 0 Å². The number of hydrogen-bond donors (Lipinski definition) is 1. The molecule has 2 N–H and O–H groups in total. The molecule has 1 unspecified atom stereocenters. The first kappa shape index (κ1) is 20.7. The third-order valence-electron chi connectivity index (χ3n) is 6.99. The Morgan fingerprint density at radius 3 is 1.45 bits per heavy atom. The van der Waals surface area contributed by atoms with Crippen LogP contribution in [-0.2, 0) is 0 Å². The molecule has 2 aliphatic carbocycles. The van der Waals surface area contributed by atoms with Crippen molar-refractivity contribution in [2.24, 2.45) is 11.8 Å². The van der Waals surface area contributed by atoms with Gasteiger partial charge in [0.15, 0.2) is 0 Å². The van der Waals surface area contributed by atoms with Gasteiger partial charge in [-0.1, -0.05) is 0 Å². The summed E-state index contributed by atoms with van der Waals surface area (Å²) in [7, 11) is -4.07. The summed E-state index contributed by atoms with van der Waals surface area (Å²) in [6, 6.07) is 17.2. The van der Waals surface area contributed by atoms with E-state index in [1.807, 2.05) is 48.5 Å². The molecule has 6 heteroatoms. The Morgan fingerprint density at radius 2 is 1.16 bits per heavy atom. The van der Waals surface area contributed by atoms with Crippen molar-refractivity contribution in [3.8, 4) is 23.0 Å². The summed E-state index contributed by atoms with van der Waals surface area (Å²) >= 11 is 0. The summed E-state index contributed by atoms with van der Waals surface area (Å²) in [5.41, 5.74) is 0.212. The molecule has 4 aliphatic rings. The Hall–Kier alpha value is -2.18. The second-order valence-corrected chi connectivity index (χ2v) is 13.7. The fraction of sp³-hybridized carbons (Fsp3) is 0.520. The molecule has 2 heterocycles. The number of nitrogens with two attached hydrogens (primary N) is 1. The zero-order valence-electron chi connectivity index (χ0n) is 19.0. The van der Waals surface area contributed by atoms with Crippen LogP contribution in [0, 0.1) is 11.8 Å². The average molecular weight is 442 g/mol. The Morgan fingerprint density at radius 1 is 0.710 bits per heavy atom. The molecule has 2 fully saturated rings. The van der Waals surface area contributed by atoms with E-state index < -0.39 is 8.33 Å². The maximum absolute atomic E-state index is 6.55. The first-order valence-electron chi connectivity index (χ1n) is 11.8.